The second kappa shape index (κ2) is 10.7. The second-order valence-electron chi connectivity index (χ2n) is 6.70. The van der Waals surface area contributed by atoms with Crippen molar-refractivity contribution in [2.45, 2.75) is 34.7 Å². The predicted octanol–water partition coefficient (Wildman–Crippen LogP) is 1.59. The van der Waals surface area contributed by atoms with Crippen molar-refractivity contribution in [2.24, 2.45) is 15.9 Å². The number of hydrazone groups is 1. The van der Waals surface area contributed by atoms with E-state index in [9.17, 15) is 28.5 Å². The molecule has 3 unspecified atom stereocenters. The van der Waals surface area contributed by atoms with Crippen molar-refractivity contribution < 1.29 is 33.2 Å². The minimum absolute atomic E-state index is 0.200. The number of aliphatic imine (C=N–C) groups is 1. The fourth-order valence-corrected chi connectivity index (χ4v) is 4.57. The summed E-state index contributed by atoms with van der Waals surface area (Å²) in [5, 5.41) is 34.2. The minimum Gasteiger partial charge on any atom is -0.394 e. The lowest BCUT2D eigenvalue weighted by Crippen LogP contribution is -2.56. The Labute approximate surface area is 193 Å². The van der Waals surface area contributed by atoms with Crippen LogP contribution >= 0.6 is 27.7 Å². The van der Waals surface area contributed by atoms with Crippen molar-refractivity contribution in [3.05, 3.63) is 58.1 Å². The molecule has 5 atom stereocenters. The lowest BCUT2D eigenvalue weighted by Gasteiger charge is -2.40. The van der Waals surface area contributed by atoms with Crippen LogP contribution in [0.15, 0.2) is 50.1 Å². The van der Waals surface area contributed by atoms with Crippen molar-refractivity contribution >= 4 is 39.6 Å². The van der Waals surface area contributed by atoms with Crippen LogP contribution in [-0.2, 0) is 4.74 Å². The molecule has 0 bridgehead atoms. The van der Waals surface area contributed by atoms with Crippen LogP contribution in [0, 0.1) is 17.5 Å². The molecule has 2 heterocycles. The summed E-state index contributed by atoms with van der Waals surface area (Å²) in [6, 6.07) is 1.90. The molecular formula is C19H18BrF3N4O4S. The molecule has 8 nitrogen and oxygen atoms in total. The van der Waals surface area contributed by atoms with Crippen LogP contribution in [0.3, 0.4) is 0 Å². The molecule has 5 N–H and O–H groups in total. The van der Waals surface area contributed by atoms with Crippen LogP contribution in [0.5, 0.6) is 0 Å². The maximum Gasteiger partial charge on any atom is 0.194 e. The van der Waals surface area contributed by atoms with E-state index in [0.717, 1.165) is 18.0 Å². The Morgan fingerprint density at radius 1 is 1.19 bits per heavy atom. The summed E-state index contributed by atoms with van der Waals surface area (Å²) in [5.74, 6) is 0.741. The molecule has 13 heteroatoms. The zero-order valence-corrected chi connectivity index (χ0v) is 18.5. The van der Waals surface area contributed by atoms with Crippen molar-refractivity contribution in [1.82, 2.24) is 4.98 Å². The Morgan fingerprint density at radius 3 is 2.47 bits per heavy atom. The molecule has 0 radical (unpaired) electrons. The molecule has 1 aromatic carbocycles. The number of aliphatic hydroxyl groups is 3. The second-order valence-corrected chi connectivity index (χ2v) is 8.79. The van der Waals surface area contributed by atoms with Crippen molar-refractivity contribution in [1.29, 1.82) is 0 Å². The van der Waals surface area contributed by atoms with Gasteiger partial charge in [0.2, 0.25) is 0 Å². The fourth-order valence-electron chi connectivity index (χ4n) is 2.97. The van der Waals surface area contributed by atoms with Crippen LogP contribution in [-0.4, -0.2) is 68.6 Å². The largest absolute Gasteiger partial charge is 0.394 e. The highest BCUT2D eigenvalue weighted by molar-refractivity contribution is 9.10. The number of rotatable bonds is 6. The van der Waals surface area contributed by atoms with E-state index in [1.807, 2.05) is 0 Å². The van der Waals surface area contributed by atoms with Gasteiger partial charge in [0.1, 0.15) is 35.5 Å². The smallest absolute Gasteiger partial charge is 0.194 e. The van der Waals surface area contributed by atoms with E-state index in [0.29, 0.717) is 21.5 Å². The van der Waals surface area contributed by atoms with Gasteiger partial charge in [0, 0.05) is 33.5 Å². The number of thioether (sulfide) groups is 1. The topological polar surface area (TPSA) is 134 Å². The highest BCUT2D eigenvalue weighted by Gasteiger charge is 2.44. The molecule has 172 valence electrons. The molecule has 32 heavy (non-hydrogen) atoms. The van der Waals surface area contributed by atoms with Gasteiger partial charge in [-0.25, -0.2) is 13.2 Å². The third kappa shape index (κ3) is 5.47. The molecule has 1 aliphatic rings. The van der Waals surface area contributed by atoms with E-state index < -0.39 is 53.8 Å². The predicted molar refractivity (Wildman–Crippen MR) is 115 cm³/mol. The molecule has 1 saturated heterocycles. The third-order valence-corrected chi connectivity index (χ3v) is 6.12. The molecule has 0 amide bonds. The normalized spacial score (nSPS) is 26.6. The summed E-state index contributed by atoms with van der Waals surface area (Å²) >= 11 is 4.39. The van der Waals surface area contributed by atoms with Gasteiger partial charge < -0.3 is 25.9 Å². The molecule has 1 aromatic heterocycles. The zero-order valence-electron chi connectivity index (χ0n) is 16.1. The van der Waals surface area contributed by atoms with Crippen molar-refractivity contribution in [3.8, 4) is 0 Å². The van der Waals surface area contributed by atoms with Gasteiger partial charge in [-0.05, 0) is 34.1 Å². The SMILES string of the molecule is N/N=C(\C=NC1C(O)[C@@H](Sc2cncc(Br)c2)OC(CO)[C@@H]1O)c1cc(F)c(F)c(F)c1. The number of aliphatic hydroxyl groups excluding tert-OH is 3. The summed E-state index contributed by atoms with van der Waals surface area (Å²) in [6.45, 7) is -0.556. The molecule has 3 rings (SSSR count). The molecule has 0 aliphatic carbocycles. The Balaban J connectivity index is 1.85. The number of ether oxygens (including phenoxy) is 1. The number of hydrogen-bond acceptors (Lipinski definition) is 9. The minimum atomic E-state index is -1.65. The highest BCUT2D eigenvalue weighted by atomic mass is 79.9. The molecular weight excluding hydrogens is 517 g/mol. The number of aromatic nitrogens is 1. The maximum absolute atomic E-state index is 13.5. The Kier molecular flexibility index (Phi) is 8.25. The fraction of sp³-hybridized carbons (Fsp3) is 0.316. The standard InChI is InChI=1S/C19H18BrF3N4O4S/c20-9-3-10(5-25-4-9)32-19-18(30)16(17(29)14(7-28)31-19)26-6-13(27-24)8-1-11(21)15(23)12(22)2-8/h1-6,14,16-19,28-30H,7,24H2/b26-6?,27-13+/t14?,16?,17-,18?,19+/m0/s1. The van der Waals surface area contributed by atoms with Gasteiger partial charge in [0.05, 0.1) is 6.61 Å². The molecule has 0 spiro atoms. The van der Waals surface area contributed by atoms with Crippen LogP contribution in [0.2, 0.25) is 0 Å². The summed E-state index contributed by atoms with van der Waals surface area (Å²) in [7, 11) is 0. The van der Waals surface area contributed by atoms with Gasteiger partial charge in [-0.3, -0.25) is 9.98 Å². The average molecular weight is 535 g/mol. The van der Waals surface area contributed by atoms with E-state index in [1.54, 1.807) is 18.5 Å². The van der Waals surface area contributed by atoms with E-state index in [2.05, 4.69) is 31.0 Å². The molecule has 1 fully saturated rings. The molecule has 2 aromatic rings. The van der Waals surface area contributed by atoms with E-state index in [-0.39, 0.29) is 11.3 Å². The Bertz CT molecular complexity index is 1010. The van der Waals surface area contributed by atoms with E-state index in [4.69, 9.17) is 10.6 Å². The Morgan fingerprint density at radius 2 is 1.88 bits per heavy atom. The van der Waals surface area contributed by atoms with Gasteiger partial charge in [0.25, 0.3) is 0 Å². The number of benzene rings is 1. The lowest BCUT2D eigenvalue weighted by molar-refractivity contribution is -0.159. The van der Waals surface area contributed by atoms with E-state index in [1.165, 1.54) is 0 Å². The highest BCUT2D eigenvalue weighted by Crippen LogP contribution is 2.34. The van der Waals surface area contributed by atoms with Crippen molar-refractivity contribution in [2.75, 3.05) is 6.61 Å². The zero-order chi connectivity index (χ0) is 23.4. The number of pyridine rings is 1. The number of halogens is 4. The van der Waals surface area contributed by atoms with Crippen molar-refractivity contribution in [3.63, 3.8) is 0 Å². The number of hydrogen-bond donors (Lipinski definition) is 4. The maximum atomic E-state index is 13.5. The summed E-state index contributed by atoms with van der Waals surface area (Å²) in [4.78, 5) is 8.74. The van der Waals surface area contributed by atoms with Gasteiger partial charge in [-0.1, -0.05) is 11.8 Å². The monoisotopic (exact) mass is 534 g/mol. The first kappa shape index (κ1) is 24.6. The average Bonchev–Trinajstić information content (AvgIpc) is 2.76. The van der Waals surface area contributed by atoms with Gasteiger partial charge in [-0.15, -0.1) is 0 Å². The summed E-state index contributed by atoms with van der Waals surface area (Å²) in [5.41, 5.74) is -1.36. The summed E-state index contributed by atoms with van der Waals surface area (Å²) < 4.78 is 46.6. The first-order valence-electron chi connectivity index (χ1n) is 9.10. The quantitative estimate of drug-likeness (QED) is 0.191. The van der Waals surface area contributed by atoms with Crippen LogP contribution < -0.4 is 5.84 Å². The van der Waals surface area contributed by atoms with Gasteiger partial charge >= 0.3 is 0 Å². The van der Waals surface area contributed by atoms with Crippen LogP contribution in [0.25, 0.3) is 0 Å². The van der Waals surface area contributed by atoms with E-state index >= 15 is 0 Å². The van der Waals surface area contributed by atoms with Crippen LogP contribution in [0.4, 0.5) is 13.2 Å². The first-order valence-corrected chi connectivity index (χ1v) is 10.8. The number of nitrogens with zero attached hydrogens (tertiary/aromatic N) is 3. The number of nitrogens with two attached hydrogens (primary N) is 1. The molecule has 1 aliphatic heterocycles. The summed E-state index contributed by atoms with van der Waals surface area (Å²) in [6.07, 6.45) is 0.269. The van der Waals surface area contributed by atoms with Crippen LogP contribution in [0.1, 0.15) is 5.56 Å². The lowest BCUT2D eigenvalue weighted by atomic mass is 9.98. The third-order valence-electron chi connectivity index (χ3n) is 4.57. The molecule has 0 saturated carbocycles. The first-order chi connectivity index (χ1) is 15.2. The van der Waals surface area contributed by atoms with Gasteiger partial charge in [-0.2, -0.15) is 5.10 Å². The van der Waals surface area contributed by atoms with Gasteiger partial charge in [0.15, 0.2) is 17.5 Å². The Hall–Kier alpha value is -2.03.